The highest BCUT2D eigenvalue weighted by atomic mass is 19.1. The number of urea groups is 1. The number of carbonyl (C=O) groups excluding carboxylic acids is 1. The van der Waals surface area contributed by atoms with Gasteiger partial charge in [-0.05, 0) is 54.5 Å². The Morgan fingerprint density at radius 3 is 1.92 bits per heavy atom. The maximum Gasteiger partial charge on any atom is 0.326 e. The van der Waals surface area contributed by atoms with Crippen molar-refractivity contribution in [2.75, 3.05) is 6.67 Å². The molecule has 2 aromatic rings. The molecular formula is C26H31FN2O8. The monoisotopic (exact) mass is 518 g/mol. The molecule has 0 aromatic heterocycles. The molecule has 10 nitrogen and oxygen atoms in total. The largest absolute Gasteiger partial charge is 0.489 e. The van der Waals surface area contributed by atoms with Crippen LogP contribution in [0.25, 0.3) is 0 Å². The van der Waals surface area contributed by atoms with Crippen molar-refractivity contribution in [1.82, 2.24) is 10.6 Å². The lowest BCUT2D eigenvalue weighted by molar-refractivity contribution is -0.140. The second kappa shape index (κ2) is 15.1. The van der Waals surface area contributed by atoms with Gasteiger partial charge >= 0.3 is 23.9 Å². The van der Waals surface area contributed by atoms with Crippen molar-refractivity contribution < 1.29 is 43.6 Å². The second-order valence-corrected chi connectivity index (χ2v) is 8.43. The highest BCUT2D eigenvalue weighted by Crippen LogP contribution is 2.16. The van der Waals surface area contributed by atoms with Crippen molar-refractivity contribution in [3.05, 3.63) is 65.2 Å². The van der Waals surface area contributed by atoms with Gasteiger partial charge in [0.2, 0.25) is 0 Å². The van der Waals surface area contributed by atoms with E-state index in [2.05, 4.69) is 10.6 Å². The SMILES string of the molecule is O=C(O)CCC(NC(=O)NC(Cc1ccc(OCc2ccc(CCCCF)cc2)cc1)C(=O)O)C(=O)O. The van der Waals surface area contributed by atoms with Crippen molar-refractivity contribution in [3.8, 4) is 5.75 Å². The Bertz CT molecular complexity index is 1040. The normalized spacial score (nSPS) is 12.2. The van der Waals surface area contributed by atoms with Crippen LogP contribution in [-0.4, -0.2) is 58.0 Å². The highest BCUT2D eigenvalue weighted by molar-refractivity contribution is 5.86. The van der Waals surface area contributed by atoms with Gasteiger partial charge in [0, 0.05) is 12.8 Å². The van der Waals surface area contributed by atoms with E-state index in [1.807, 2.05) is 24.3 Å². The lowest BCUT2D eigenvalue weighted by Gasteiger charge is -2.18. The van der Waals surface area contributed by atoms with Crippen LogP contribution in [0.3, 0.4) is 0 Å². The number of benzene rings is 2. The van der Waals surface area contributed by atoms with Gasteiger partial charge in [0.15, 0.2) is 0 Å². The van der Waals surface area contributed by atoms with E-state index in [1.54, 1.807) is 24.3 Å². The first-order valence-electron chi connectivity index (χ1n) is 11.8. The van der Waals surface area contributed by atoms with Crippen LogP contribution in [0, 0.1) is 0 Å². The number of carboxylic acids is 3. The molecule has 5 N–H and O–H groups in total. The number of rotatable bonds is 16. The number of carbonyl (C=O) groups is 4. The molecule has 0 bridgehead atoms. The van der Waals surface area contributed by atoms with E-state index in [1.165, 1.54) is 0 Å². The smallest absolute Gasteiger partial charge is 0.326 e. The first kappa shape index (κ1) is 29.1. The van der Waals surface area contributed by atoms with Crippen LogP contribution in [0.1, 0.15) is 42.4 Å². The fourth-order valence-corrected chi connectivity index (χ4v) is 3.43. The van der Waals surface area contributed by atoms with Gasteiger partial charge in [-0.2, -0.15) is 0 Å². The molecule has 0 spiro atoms. The average molecular weight is 519 g/mol. The first-order chi connectivity index (χ1) is 17.7. The molecule has 2 atom stereocenters. The van der Waals surface area contributed by atoms with Crippen LogP contribution in [-0.2, 0) is 33.8 Å². The van der Waals surface area contributed by atoms with Crippen molar-refractivity contribution in [3.63, 3.8) is 0 Å². The van der Waals surface area contributed by atoms with E-state index in [0.29, 0.717) is 24.3 Å². The van der Waals surface area contributed by atoms with Gasteiger partial charge in [-0.25, -0.2) is 14.4 Å². The Morgan fingerprint density at radius 2 is 1.35 bits per heavy atom. The number of hydrogen-bond acceptors (Lipinski definition) is 5. The Balaban J connectivity index is 1.87. The fraction of sp³-hybridized carbons (Fsp3) is 0.385. The number of amides is 2. The molecule has 0 saturated carbocycles. The number of aryl methyl sites for hydroxylation is 1. The highest BCUT2D eigenvalue weighted by Gasteiger charge is 2.25. The molecule has 2 rings (SSSR count). The zero-order valence-corrected chi connectivity index (χ0v) is 20.2. The summed E-state index contributed by atoms with van der Waals surface area (Å²) in [5.74, 6) is -3.40. The third kappa shape index (κ3) is 11.0. The maximum atomic E-state index is 12.2. The molecule has 0 saturated heterocycles. The van der Waals surface area contributed by atoms with Crippen LogP contribution < -0.4 is 15.4 Å². The van der Waals surface area contributed by atoms with Crippen molar-refractivity contribution in [2.45, 2.75) is 57.2 Å². The molecule has 0 fully saturated rings. The molecule has 0 aliphatic rings. The number of aliphatic carboxylic acids is 3. The lowest BCUT2D eigenvalue weighted by Crippen LogP contribution is -2.51. The minimum absolute atomic E-state index is 0.0697. The third-order valence-corrected chi connectivity index (χ3v) is 5.49. The van der Waals surface area contributed by atoms with Crippen molar-refractivity contribution >= 4 is 23.9 Å². The van der Waals surface area contributed by atoms with Gasteiger partial charge in [0.25, 0.3) is 0 Å². The van der Waals surface area contributed by atoms with Gasteiger partial charge in [0.1, 0.15) is 24.4 Å². The van der Waals surface area contributed by atoms with E-state index < -0.39 is 42.4 Å². The molecule has 0 heterocycles. The predicted octanol–water partition coefficient (Wildman–Crippen LogP) is 3.17. The number of alkyl halides is 1. The van der Waals surface area contributed by atoms with Gasteiger partial charge in [-0.15, -0.1) is 0 Å². The van der Waals surface area contributed by atoms with Crippen molar-refractivity contribution in [1.29, 1.82) is 0 Å². The van der Waals surface area contributed by atoms with Crippen LogP contribution in [0.15, 0.2) is 48.5 Å². The Morgan fingerprint density at radius 1 is 0.784 bits per heavy atom. The van der Waals surface area contributed by atoms with Crippen LogP contribution in [0.2, 0.25) is 0 Å². The first-order valence-corrected chi connectivity index (χ1v) is 11.8. The lowest BCUT2D eigenvalue weighted by atomic mass is 10.1. The second-order valence-electron chi connectivity index (χ2n) is 8.43. The van der Waals surface area contributed by atoms with E-state index in [0.717, 1.165) is 24.0 Å². The minimum Gasteiger partial charge on any atom is -0.489 e. The number of unbranched alkanes of at least 4 members (excludes halogenated alkanes) is 1. The molecular weight excluding hydrogens is 487 g/mol. The van der Waals surface area contributed by atoms with Gasteiger partial charge in [-0.1, -0.05) is 36.4 Å². The Hall–Kier alpha value is -4.15. The van der Waals surface area contributed by atoms with E-state index in [9.17, 15) is 28.7 Å². The van der Waals surface area contributed by atoms with E-state index in [4.69, 9.17) is 14.9 Å². The summed E-state index contributed by atoms with van der Waals surface area (Å²) < 4.78 is 18.0. The summed E-state index contributed by atoms with van der Waals surface area (Å²) in [6.45, 7) is 0.0210. The zero-order valence-electron chi connectivity index (χ0n) is 20.2. The number of ether oxygens (including phenoxy) is 1. The average Bonchev–Trinajstić information content (AvgIpc) is 2.86. The van der Waals surface area contributed by atoms with Crippen LogP contribution in [0.4, 0.5) is 9.18 Å². The summed E-state index contributed by atoms with van der Waals surface area (Å²) in [6.07, 6.45) is 1.29. The topological polar surface area (TPSA) is 162 Å². The van der Waals surface area contributed by atoms with Crippen LogP contribution >= 0.6 is 0 Å². The molecule has 0 radical (unpaired) electrons. The third-order valence-electron chi connectivity index (χ3n) is 5.49. The predicted molar refractivity (Wildman–Crippen MR) is 131 cm³/mol. The fourth-order valence-electron chi connectivity index (χ4n) is 3.43. The standard InChI is InChI=1S/C26H31FN2O8/c27-14-2-1-3-17-4-6-19(7-5-17)16-37-20-10-8-18(9-11-20)15-22(25(34)35)29-26(36)28-21(24(32)33)12-13-23(30)31/h4-11,21-22H,1-3,12-16H2,(H,30,31)(H,32,33)(H,34,35)(H2,28,29,36). The Labute approximate surface area is 213 Å². The van der Waals surface area contributed by atoms with Gasteiger partial charge in [-0.3, -0.25) is 9.18 Å². The molecule has 200 valence electrons. The summed E-state index contributed by atoms with van der Waals surface area (Å²) in [5, 5.41) is 31.6. The minimum atomic E-state index is -1.47. The molecule has 0 aliphatic carbocycles. The summed E-state index contributed by atoms with van der Waals surface area (Å²) in [7, 11) is 0. The molecule has 37 heavy (non-hydrogen) atoms. The molecule has 2 amide bonds. The number of halogens is 1. The van der Waals surface area contributed by atoms with Gasteiger partial charge in [0.05, 0.1) is 6.67 Å². The zero-order chi connectivity index (χ0) is 27.2. The van der Waals surface area contributed by atoms with Gasteiger partial charge < -0.3 is 30.7 Å². The maximum absolute atomic E-state index is 12.2. The summed E-state index contributed by atoms with van der Waals surface area (Å²) in [4.78, 5) is 45.6. The van der Waals surface area contributed by atoms with Crippen molar-refractivity contribution in [2.24, 2.45) is 0 Å². The Kier molecular flexibility index (Phi) is 11.8. The number of hydrogen-bond donors (Lipinski definition) is 5. The van der Waals surface area contributed by atoms with E-state index >= 15 is 0 Å². The molecule has 0 aliphatic heterocycles. The van der Waals surface area contributed by atoms with E-state index in [-0.39, 0.29) is 19.5 Å². The molecule has 11 heteroatoms. The molecule has 2 unspecified atom stereocenters. The van der Waals surface area contributed by atoms with Crippen LogP contribution in [0.5, 0.6) is 5.75 Å². The molecule has 2 aromatic carbocycles. The number of nitrogens with one attached hydrogen (secondary N) is 2. The number of carboxylic acid groups (broad SMARTS) is 3. The quantitative estimate of drug-likeness (QED) is 0.212. The summed E-state index contributed by atoms with van der Waals surface area (Å²) in [5.41, 5.74) is 2.69. The summed E-state index contributed by atoms with van der Waals surface area (Å²) >= 11 is 0. The summed E-state index contributed by atoms with van der Waals surface area (Å²) in [6, 6.07) is 10.7.